The Kier molecular flexibility index (Phi) is 7.85. The summed E-state index contributed by atoms with van der Waals surface area (Å²) in [6.07, 6.45) is 0. The maximum Gasteiger partial charge on any atom is 0.264 e. The SMILES string of the molecule is COc1ccc(N(CC(=O)N/N=C(/C)c2ccc(F)cc2)S(=O)(=O)c2ccccc2)c(OC)c1. The fourth-order valence-corrected chi connectivity index (χ4v) is 4.53. The number of halogens is 1. The van der Waals surface area contributed by atoms with Crippen LogP contribution in [0.25, 0.3) is 0 Å². The zero-order valence-corrected chi connectivity index (χ0v) is 19.7. The molecule has 178 valence electrons. The Balaban J connectivity index is 1.94. The molecule has 0 saturated heterocycles. The number of benzene rings is 3. The number of hydrogen-bond acceptors (Lipinski definition) is 6. The summed E-state index contributed by atoms with van der Waals surface area (Å²) in [5, 5.41) is 4.02. The van der Waals surface area contributed by atoms with E-state index in [0.717, 1.165) is 4.31 Å². The first-order valence-electron chi connectivity index (χ1n) is 10.1. The van der Waals surface area contributed by atoms with Gasteiger partial charge in [0.15, 0.2) is 0 Å². The molecule has 0 fully saturated rings. The van der Waals surface area contributed by atoms with Gasteiger partial charge in [0.1, 0.15) is 23.9 Å². The Labute approximate surface area is 197 Å². The number of hydrogen-bond donors (Lipinski definition) is 1. The van der Waals surface area contributed by atoms with Gasteiger partial charge in [-0.25, -0.2) is 18.2 Å². The second-order valence-electron chi connectivity index (χ2n) is 7.10. The molecule has 0 radical (unpaired) electrons. The Morgan fingerprint density at radius 3 is 2.29 bits per heavy atom. The van der Waals surface area contributed by atoms with Crippen LogP contribution in [0, 0.1) is 5.82 Å². The van der Waals surface area contributed by atoms with Crippen molar-refractivity contribution in [3.63, 3.8) is 0 Å². The van der Waals surface area contributed by atoms with Crippen molar-refractivity contribution in [3.8, 4) is 11.5 Å². The van der Waals surface area contributed by atoms with Crippen LogP contribution < -0.4 is 19.2 Å². The van der Waals surface area contributed by atoms with Gasteiger partial charge in [-0.1, -0.05) is 30.3 Å². The van der Waals surface area contributed by atoms with Crippen molar-refractivity contribution in [3.05, 3.63) is 84.2 Å². The quantitative estimate of drug-likeness (QED) is 0.369. The smallest absolute Gasteiger partial charge is 0.264 e. The lowest BCUT2D eigenvalue weighted by atomic mass is 10.1. The van der Waals surface area contributed by atoms with E-state index in [-0.39, 0.29) is 16.3 Å². The normalized spacial score (nSPS) is 11.6. The van der Waals surface area contributed by atoms with Crippen LogP contribution in [-0.4, -0.2) is 40.8 Å². The third-order valence-corrected chi connectivity index (χ3v) is 6.66. The number of amides is 1. The van der Waals surface area contributed by atoms with Gasteiger partial charge in [-0.05, 0) is 48.9 Å². The van der Waals surface area contributed by atoms with E-state index in [0.29, 0.717) is 17.0 Å². The van der Waals surface area contributed by atoms with Crippen LogP contribution in [-0.2, 0) is 14.8 Å². The first-order chi connectivity index (χ1) is 16.3. The van der Waals surface area contributed by atoms with Crippen molar-refractivity contribution in [2.24, 2.45) is 5.10 Å². The standard InChI is InChI=1S/C24H24FN3O5S/c1-17(18-9-11-19(25)12-10-18)26-27-24(29)16-28(34(30,31)21-7-5-4-6-8-21)22-14-13-20(32-2)15-23(22)33-3/h4-15H,16H2,1-3H3,(H,27,29)/b26-17-. The number of nitrogens with one attached hydrogen (secondary N) is 1. The summed E-state index contributed by atoms with van der Waals surface area (Å²) in [6.45, 7) is 1.07. The van der Waals surface area contributed by atoms with Gasteiger partial charge in [-0.2, -0.15) is 5.10 Å². The molecule has 0 spiro atoms. The van der Waals surface area contributed by atoms with Crippen LogP contribution in [0.5, 0.6) is 11.5 Å². The molecule has 0 heterocycles. The minimum absolute atomic E-state index is 0.00617. The lowest BCUT2D eigenvalue weighted by Crippen LogP contribution is -2.40. The number of anilines is 1. The van der Waals surface area contributed by atoms with E-state index in [1.165, 1.54) is 62.8 Å². The molecular weight excluding hydrogens is 461 g/mol. The predicted octanol–water partition coefficient (Wildman–Crippen LogP) is 3.58. The zero-order chi connectivity index (χ0) is 24.7. The van der Waals surface area contributed by atoms with Gasteiger partial charge in [0.05, 0.1) is 30.5 Å². The zero-order valence-electron chi connectivity index (χ0n) is 18.9. The molecule has 1 amide bonds. The number of hydrazone groups is 1. The largest absolute Gasteiger partial charge is 0.497 e. The molecule has 8 nitrogen and oxygen atoms in total. The summed E-state index contributed by atoms with van der Waals surface area (Å²) >= 11 is 0. The number of sulfonamides is 1. The number of carbonyl (C=O) groups is 1. The third kappa shape index (κ3) is 5.70. The van der Waals surface area contributed by atoms with Crippen molar-refractivity contribution < 1.29 is 27.1 Å². The molecular formula is C24H24FN3O5S. The Morgan fingerprint density at radius 1 is 1.00 bits per heavy atom. The molecule has 0 atom stereocenters. The molecule has 34 heavy (non-hydrogen) atoms. The minimum Gasteiger partial charge on any atom is -0.497 e. The van der Waals surface area contributed by atoms with E-state index in [1.807, 2.05) is 0 Å². The maximum atomic E-state index is 13.5. The van der Waals surface area contributed by atoms with E-state index in [1.54, 1.807) is 31.2 Å². The molecule has 0 aliphatic heterocycles. The Hall–Kier alpha value is -3.92. The highest BCUT2D eigenvalue weighted by Gasteiger charge is 2.29. The lowest BCUT2D eigenvalue weighted by Gasteiger charge is -2.25. The van der Waals surface area contributed by atoms with Crippen LogP contribution >= 0.6 is 0 Å². The molecule has 0 aliphatic carbocycles. The molecule has 0 saturated carbocycles. The summed E-state index contributed by atoms with van der Waals surface area (Å²) in [4.78, 5) is 12.8. The highest BCUT2D eigenvalue weighted by atomic mass is 32.2. The summed E-state index contributed by atoms with van der Waals surface area (Å²) in [5.74, 6) is -0.408. The van der Waals surface area contributed by atoms with Crippen molar-refractivity contribution in [2.45, 2.75) is 11.8 Å². The molecule has 10 heteroatoms. The number of rotatable bonds is 9. The van der Waals surface area contributed by atoms with Gasteiger partial charge in [0.25, 0.3) is 15.9 Å². The van der Waals surface area contributed by atoms with Crippen LogP contribution in [0.15, 0.2) is 82.8 Å². The number of ether oxygens (including phenoxy) is 2. The van der Waals surface area contributed by atoms with Crippen LogP contribution in [0.3, 0.4) is 0 Å². The van der Waals surface area contributed by atoms with Crippen molar-refractivity contribution >= 4 is 27.3 Å². The summed E-state index contributed by atoms with van der Waals surface area (Å²) < 4.78 is 51.6. The number of methoxy groups -OCH3 is 2. The van der Waals surface area contributed by atoms with Gasteiger partial charge < -0.3 is 9.47 Å². The van der Waals surface area contributed by atoms with Gasteiger partial charge in [-0.15, -0.1) is 0 Å². The van der Waals surface area contributed by atoms with Crippen LogP contribution in [0.1, 0.15) is 12.5 Å². The topological polar surface area (TPSA) is 97.3 Å². The van der Waals surface area contributed by atoms with Crippen molar-refractivity contribution in [2.75, 3.05) is 25.1 Å². The van der Waals surface area contributed by atoms with E-state index in [2.05, 4.69) is 10.5 Å². The van der Waals surface area contributed by atoms with Gasteiger partial charge in [-0.3, -0.25) is 9.10 Å². The van der Waals surface area contributed by atoms with Gasteiger partial charge in [0.2, 0.25) is 0 Å². The second-order valence-corrected chi connectivity index (χ2v) is 8.96. The van der Waals surface area contributed by atoms with E-state index in [9.17, 15) is 17.6 Å². The molecule has 3 aromatic carbocycles. The summed E-state index contributed by atoms with van der Waals surface area (Å²) in [6, 6.07) is 17.9. The fourth-order valence-electron chi connectivity index (χ4n) is 3.08. The molecule has 0 unspecified atom stereocenters. The van der Waals surface area contributed by atoms with Gasteiger partial charge >= 0.3 is 0 Å². The molecule has 3 aromatic rings. The van der Waals surface area contributed by atoms with Crippen molar-refractivity contribution in [1.29, 1.82) is 0 Å². The molecule has 0 bridgehead atoms. The highest BCUT2D eigenvalue weighted by Crippen LogP contribution is 2.35. The number of carbonyl (C=O) groups excluding carboxylic acids is 1. The summed E-state index contributed by atoms with van der Waals surface area (Å²) in [7, 11) is -1.27. The minimum atomic E-state index is -4.14. The molecule has 0 aromatic heterocycles. The van der Waals surface area contributed by atoms with Crippen molar-refractivity contribution in [1.82, 2.24) is 5.43 Å². The third-order valence-electron chi connectivity index (χ3n) is 4.88. The van der Waals surface area contributed by atoms with E-state index >= 15 is 0 Å². The fraction of sp³-hybridized carbons (Fsp3) is 0.167. The first-order valence-corrected chi connectivity index (χ1v) is 11.6. The predicted molar refractivity (Wildman–Crippen MR) is 127 cm³/mol. The molecule has 3 rings (SSSR count). The average Bonchev–Trinajstić information content (AvgIpc) is 2.86. The summed E-state index contributed by atoms with van der Waals surface area (Å²) in [5.41, 5.74) is 3.55. The van der Waals surface area contributed by atoms with E-state index < -0.39 is 28.3 Å². The average molecular weight is 486 g/mol. The number of nitrogens with zero attached hydrogens (tertiary/aromatic N) is 2. The van der Waals surface area contributed by atoms with E-state index in [4.69, 9.17) is 9.47 Å². The highest BCUT2D eigenvalue weighted by molar-refractivity contribution is 7.92. The Morgan fingerprint density at radius 2 is 1.68 bits per heavy atom. The molecule has 1 N–H and O–H groups in total. The molecule has 0 aliphatic rings. The Bertz CT molecular complexity index is 1280. The monoisotopic (exact) mass is 485 g/mol. The van der Waals surface area contributed by atoms with Crippen LogP contribution in [0.4, 0.5) is 10.1 Å². The van der Waals surface area contributed by atoms with Crippen LogP contribution in [0.2, 0.25) is 0 Å². The maximum absolute atomic E-state index is 13.5. The first kappa shape index (κ1) is 24.7. The van der Waals surface area contributed by atoms with Gasteiger partial charge in [0, 0.05) is 6.07 Å². The lowest BCUT2D eigenvalue weighted by molar-refractivity contribution is -0.119. The second kappa shape index (κ2) is 10.8.